The van der Waals surface area contributed by atoms with E-state index in [1.54, 1.807) is 0 Å². The third-order valence-electron chi connectivity index (χ3n) is 1.66. The van der Waals surface area contributed by atoms with Gasteiger partial charge in [0.15, 0.2) is 17.4 Å². The van der Waals surface area contributed by atoms with E-state index < -0.39 is 28.9 Å². The van der Waals surface area contributed by atoms with Gasteiger partial charge in [-0.05, 0) is 6.07 Å². The van der Waals surface area contributed by atoms with Gasteiger partial charge in [-0.25, -0.2) is 8.78 Å². The first-order valence-electron chi connectivity index (χ1n) is 3.72. The van der Waals surface area contributed by atoms with Crippen molar-refractivity contribution in [2.24, 2.45) is 0 Å². The van der Waals surface area contributed by atoms with Crippen molar-refractivity contribution in [1.82, 2.24) is 0 Å². The van der Waals surface area contributed by atoms with Gasteiger partial charge in [0.2, 0.25) is 0 Å². The number of carbonyl (C=O) groups excluding carboxylic acids is 1. The zero-order chi connectivity index (χ0) is 10.7. The molecule has 0 atom stereocenters. The second kappa shape index (κ2) is 4.37. The number of ether oxygens (including phenoxy) is 1. The average molecular weight is 221 g/mol. The summed E-state index contributed by atoms with van der Waals surface area (Å²) in [5.74, 6) is -3.32. The van der Waals surface area contributed by atoms with Crippen molar-refractivity contribution >= 4 is 17.4 Å². The minimum absolute atomic E-state index is 0.0809. The molecule has 1 aromatic rings. The van der Waals surface area contributed by atoms with Crippen molar-refractivity contribution in [3.63, 3.8) is 0 Å². The van der Waals surface area contributed by atoms with E-state index in [0.29, 0.717) is 0 Å². The van der Waals surface area contributed by atoms with Crippen molar-refractivity contribution in [3.05, 3.63) is 29.3 Å². The minimum Gasteiger partial charge on any atom is -0.497 e. The monoisotopic (exact) mass is 220 g/mol. The van der Waals surface area contributed by atoms with Crippen molar-refractivity contribution in [2.45, 2.75) is 0 Å². The molecule has 0 N–H and O–H groups in total. The fourth-order valence-corrected chi connectivity index (χ4v) is 1.10. The summed E-state index contributed by atoms with van der Waals surface area (Å²) in [6.45, 7) is 0. The molecule has 0 unspecified atom stereocenters. The summed E-state index contributed by atoms with van der Waals surface area (Å²) in [5.41, 5.74) is -0.392. The largest absolute Gasteiger partial charge is 0.497 e. The van der Waals surface area contributed by atoms with Crippen LogP contribution in [0.25, 0.3) is 0 Å². The van der Waals surface area contributed by atoms with E-state index in [1.807, 2.05) is 0 Å². The molecule has 0 bridgehead atoms. The number of halogens is 3. The Bertz CT molecular complexity index is 366. The molecule has 0 aliphatic rings. The minimum atomic E-state index is -1.20. The summed E-state index contributed by atoms with van der Waals surface area (Å²) in [6, 6.07) is 1.98. The van der Waals surface area contributed by atoms with E-state index in [9.17, 15) is 13.6 Å². The molecule has 76 valence electrons. The maximum atomic E-state index is 13.0. The first kappa shape index (κ1) is 10.9. The lowest BCUT2D eigenvalue weighted by Gasteiger charge is -2.04. The van der Waals surface area contributed by atoms with E-state index in [-0.39, 0.29) is 5.75 Å². The number of methoxy groups -OCH3 is 1. The number of hydrogen-bond donors (Lipinski definition) is 0. The van der Waals surface area contributed by atoms with Crippen LogP contribution in [-0.4, -0.2) is 18.8 Å². The molecule has 14 heavy (non-hydrogen) atoms. The summed E-state index contributed by atoms with van der Waals surface area (Å²) in [5, 5.41) is 0. The summed E-state index contributed by atoms with van der Waals surface area (Å²) in [7, 11) is 1.29. The molecule has 0 amide bonds. The zero-order valence-corrected chi connectivity index (χ0v) is 8.07. The Kier molecular flexibility index (Phi) is 3.41. The molecule has 0 aromatic heterocycles. The first-order valence-corrected chi connectivity index (χ1v) is 4.25. The third-order valence-corrected chi connectivity index (χ3v) is 1.90. The molecule has 1 aromatic carbocycles. The van der Waals surface area contributed by atoms with E-state index in [0.717, 1.165) is 12.1 Å². The second-order valence-electron chi connectivity index (χ2n) is 2.53. The van der Waals surface area contributed by atoms with Gasteiger partial charge in [-0.2, -0.15) is 0 Å². The van der Waals surface area contributed by atoms with E-state index in [4.69, 9.17) is 11.6 Å². The highest BCUT2D eigenvalue weighted by atomic mass is 35.5. The lowest BCUT2D eigenvalue weighted by Crippen LogP contribution is -2.06. The number of rotatable bonds is 3. The third kappa shape index (κ3) is 2.01. The highest BCUT2D eigenvalue weighted by molar-refractivity contribution is 6.30. The molecule has 2 nitrogen and oxygen atoms in total. The summed E-state index contributed by atoms with van der Waals surface area (Å²) in [4.78, 5) is 11.1. The van der Waals surface area contributed by atoms with Crippen LogP contribution in [0.4, 0.5) is 8.78 Å². The molecule has 0 saturated carbocycles. The lowest BCUT2D eigenvalue weighted by molar-refractivity contribution is 0.101. The topological polar surface area (TPSA) is 26.3 Å². The second-order valence-corrected chi connectivity index (χ2v) is 2.79. The normalized spacial score (nSPS) is 10.0. The Labute approximate surface area is 84.4 Å². The van der Waals surface area contributed by atoms with Crippen LogP contribution in [0.5, 0.6) is 5.75 Å². The molecule has 0 fully saturated rings. The first-order chi connectivity index (χ1) is 6.60. The van der Waals surface area contributed by atoms with E-state index >= 15 is 0 Å². The quantitative estimate of drug-likeness (QED) is 0.578. The highest BCUT2D eigenvalue weighted by Gasteiger charge is 2.16. The van der Waals surface area contributed by atoms with Gasteiger partial charge < -0.3 is 4.74 Å². The van der Waals surface area contributed by atoms with Crippen LogP contribution in [0.1, 0.15) is 10.4 Å². The molecule has 0 aliphatic carbocycles. The van der Waals surface area contributed by atoms with Gasteiger partial charge in [0.1, 0.15) is 5.75 Å². The Morgan fingerprint density at radius 3 is 2.64 bits per heavy atom. The van der Waals surface area contributed by atoms with Crippen molar-refractivity contribution < 1.29 is 18.3 Å². The van der Waals surface area contributed by atoms with E-state index in [1.165, 1.54) is 7.11 Å². The number of ketones is 1. The standard InChI is InChI=1S/C9H7ClF2O2/c1-14-5-2-6(8(13)4-10)9(12)7(11)3-5/h2-3H,4H2,1H3. The Balaban J connectivity index is 3.27. The number of benzene rings is 1. The van der Waals surface area contributed by atoms with Crippen LogP contribution in [0.3, 0.4) is 0 Å². The Morgan fingerprint density at radius 2 is 2.14 bits per heavy atom. The van der Waals surface area contributed by atoms with Crippen LogP contribution in [0, 0.1) is 11.6 Å². The predicted octanol–water partition coefficient (Wildman–Crippen LogP) is 2.39. The molecule has 0 spiro atoms. The van der Waals surface area contributed by atoms with Gasteiger partial charge in [-0.15, -0.1) is 11.6 Å². The molecular formula is C9H7ClF2O2. The summed E-state index contributed by atoms with van der Waals surface area (Å²) < 4.78 is 30.6. The summed E-state index contributed by atoms with van der Waals surface area (Å²) >= 11 is 5.23. The van der Waals surface area contributed by atoms with Crippen LogP contribution in [0.15, 0.2) is 12.1 Å². The number of carbonyl (C=O) groups is 1. The Hall–Kier alpha value is -1.16. The van der Waals surface area contributed by atoms with E-state index in [2.05, 4.69) is 4.74 Å². The van der Waals surface area contributed by atoms with Gasteiger partial charge in [-0.1, -0.05) is 0 Å². The lowest BCUT2D eigenvalue weighted by atomic mass is 10.1. The van der Waals surface area contributed by atoms with Gasteiger partial charge in [-0.3, -0.25) is 4.79 Å². The number of alkyl halides is 1. The highest BCUT2D eigenvalue weighted by Crippen LogP contribution is 2.20. The Morgan fingerprint density at radius 1 is 1.50 bits per heavy atom. The fraction of sp³-hybridized carbons (Fsp3) is 0.222. The molecule has 0 heterocycles. The van der Waals surface area contributed by atoms with Gasteiger partial charge in [0.05, 0.1) is 18.6 Å². The van der Waals surface area contributed by atoms with Crippen LogP contribution in [-0.2, 0) is 0 Å². The molecular weight excluding hydrogens is 214 g/mol. The summed E-state index contributed by atoms with van der Waals surface area (Å²) in [6.07, 6.45) is 0. The molecule has 0 saturated heterocycles. The van der Waals surface area contributed by atoms with Crippen LogP contribution < -0.4 is 4.74 Å². The van der Waals surface area contributed by atoms with Crippen molar-refractivity contribution in [1.29, 1.82) is 0 Å². The van der Waals surface area contributed by atoms with Crippen molar-refractivity contribution in [3.8, 4) is 5.75 Å². The van der Waals surface area contributed by atoms with Crippen LogP contribution >= 0.6 is 11.6 Å². The molecule has 0 aliphatic heterocycles. The fourth-order valence-electron chi connectivity index (χ4n) is 0.957. The van der Waals surface area contributed by atoms with Crippen molar-refractivity contribution in [2.75, 3.05) is 13.0 Å². The maximum Gasteiger partial charge on any atom is 0.180 e. The number of Topliss-reactive ketones (excluding diaryl/α,β-unsaturated/α-hetero) is 1. The zero-order valence-electron chi connectivity index (χ0n) is 7.31. The van der Waals surface area contributed by atoms with Gasteiger partial charge in [0.25, 0.3) is 0 Å². The number of hydrogen-bond acceptors (Lipinski definition) is 2. The SMILES string of the molecule is COc1cc(F)c(F)c(C(=O)CCl)c1. The maximum absolute atomic E-state index is 13.0. The van der Waals surface area contributed by atoms with Gasteiger partial charge in [0, 0.05) is 6.07 Å². The molecule has 1 rings (SSSR count). The smallest absolute Gasteiger partial charge is 0.180 e. The predicted molar refractivity (Wildman–Crippen MR) is 48.0 cm³/mol. The van der Waals surface area contributed by atoms with Gasteiger partial charge >= 0.3 is 0 Å². The molecule has 5 heteroatoms. The average Bonchev–Trinajstić information content (AvgIpc) is 2.20. The molecule has 0 radical (unpaired) electrons. The van der Waals surface area contributed by atoms with Crippen LogP contribution in [0.2, 0.25) is 0 Å².